The Labute approximate surface area is 271 Å². The largest absolute Gasteiger partial charge is 0.508 e. The van der Waals surface area contributed by atoms with E-state index in [-0.39, 0.29) is 52.4 Å². The molecule has 11 heteroatoms. The second-order valence-electron chi connectivity index (χ2n) is 14.3. The van der Waals surface area contributed by atoms with Crippen molar-refractivity contribution in [2.24, 2.45) is 5.41 Å². The molecule has 47 heavy (non-hydrogen) atoms. The molecule has 248 valence electrons. The van der Waals surface area contributed by atoms with E-state index < -0.39 is 28.6 Å². The molecule has 0 spiro atoms. The highest BCUT2D eigenvalue weighted by Crippen LogP contribution is 2.48. The Hall–Kier alpha value is -3.67. The number of aromatic hydroxyl groups is 1. The number of aryl methyl sites for hydroxylation is 1. The summed E-state index contributed by atoms with van der Waals surface area (Å²) in [5.74, 6) is -2.25. The molecule has 4 heterocycles. The molecular weight excluding hydrogens is 609 g/mol. The van der Waals surface area contributed by atoms with Crippen LogP contribution >= 0.6 is 0 Å². The van der Waals surface area contributed by atoms with Crippen LogP contribution in [0.25, 0.3) is 32.8 Å². The zero-order valence-corrected chi connectivity index (χ0v) is 26.7. The highest BCUT2D eigenvalue weighted by Gasteiger charge is 2.49. The van der Waals surface area contributed by atoms with Crippen LogP contribution in [0.4, 0.5) is 19.0 Å². The summed E-state index contributed by atoms with van der Waals surface area (Å²) in [6.07, 6.45) is 4.91. The molecule has 2 bridgehead atoms. The summed E-state index contributed by atoms with van der Waals surface area (Å²) in [7, 11) is 0. The number of aliphatic hydroxyl groups is 1. The number of likely N-dealkylation sites (tertiary alicyclic amines) is 1. The van der Waals surface area contributed by atoms with Gasteiger partial charge in [-0.05, 0) is 91.6 Å². The highest BCUT2D eigenvalue weighted by atomic mass is 19.1. The lowest BCUT2D eigenvalue weighted by atomic mass is 9.91. The van der Waals surface area contributed by atoms with Gasteiger partial charge in [0.15, 0.2) is 5.82 Å². The van der Waals surface area contributed by atoms with Crippen molar-refractivity contribution in [2.75, 3.05) is 44.3 Å². The number of rotatable bonds is 8. The zero-order chi connectivity index (χ0) is 32.7. The fraction of sp³-hybridized carbons (Fsp3) is 0.500. The number of phenolic OH excluding ortho intramolecular Hbond substituents is 1. The van der Waals surface area contributed by atoms with Gasteiger partial charge in [0.2, 0.25) is 0 Å². The SMILES string of the molecule is CCc1c(F)ccc2cc(O)cc(-c3c(F)cc4c(N5CCC[C@@](C)(O)C5)nc(OCC5(CN6C[C@H]7C[C@@H]6CO7)CC5)nc4c3F)c12. The van der Waals surface area contributed by atoms with Crippen molar-refractivity contribution in [1.29, 1.82) is 0 Å². The van der Waals surface area contributed by atoms with Gasteiger partial charge in [0.25, 0.3) is 0 Å². The van der Waals surface area contributed by atoms with Gasteiger partial charge in [0, 0.05) is 43.0 Å². The number of hydrogen-bond acceptors (Lipinski definition) is 8. The number of β-amino-alcohol motifs (C(OH)–C–C–N with tert-alkyl or cyclic N) is 1. The molecule has 0 amide bonds. The fourth-order valence-electron chi connectivity index (χ4n) is 8.00. The number of piperidine rings is 1. The lowest BCUT2D eigenvalue weighted by molar-refractivity contribution is 0.0176. The molecule has 3 aliphatic heterocycles. The maximum Gasteiger partial charge on any atom is 0.319 e. The number of hydrogen-bond donors (Lipinski definition) is 2. The first-order valence-electron chi connectivity index (χ1n) is 16.6. The smallest absolute Gasteiger partial charge is 0.319 e. The predicted octanol–water partition coefficient (Wildman–Crippen LogP) is 6.12. The van der Waals surface area contributed by atoms with Crippen LogP contribution in [0.5, 0.6) is 11.8 Å². The standard InChI is InChI=1S/C36H39F3N4O4/c1-3-24-27(37)6-5-20-11-22(44)13-25(29(20)24)30-28(38)14-26-32(31(30)39)40-34(41-33(26)42-10-4-7-35(2,45)17-42)47-19-36(8-9-36)18-43-15-23-12-21(43)16-46-23/h5-6,11,13-14,21,23,44-45H,3-4,7-10,12,15-19H2,1-2H3/t21-,23-,35-/m1/s1. The van der Waals surface area contributed by atoms with E-state index in [1.807, 2.05) is 4.90 Å². The molecule has 4 aliphatic rings. The number of ether oxygens (including phenoxy) is 2. The van der Waals surface area contributed by atoms with Crippen LogP contribution < -0.4 is 9.64 Å². The minimum absolute atomic E-state index is 0.0206. The quantitative estimate of drug-likeness (QED) is 0.236. The van der Waals surface area contributed by atoms with Gasteiger partial charge in [0.05, 0.1) is 30.5 Å². The van der Waals surface area contributed by atoms with E-state index in [1.165, 1.54) is 30.3 Å². The Bertz CT molecular complexity index is 1900. The summed E-state index contributed by atoms with van der Waals surface area (Å²) in [5, 5.41) is 22.4. The highest BCUT2D eigenvalue weighted by molar-refractivity contribution is 6.03. The summed E-state index contributed by atoms with van der Waals surface area (Å²) in [5.41, 5.74) is -1.28. The molecule has 1 aromatic heterocycles. The van der Waals surface area contributed by atoms with E-state index in [9.17, 15) is 14.6 Å². The molecule has 0 unspecified atom stereocenters. The van der Waals surface area contributed by atoms with E-state index in [0.29, 0.717) is 54.5 Å². The molecule has 8 nitrogen and oxygen atoms in total. The van der Waals surface area contributed by atoms with Crippen LogP contribution in [0.3, 0.4) is 0 Å². The van der Waals surface area contributed by atoms with Crippen LogP contribution in [0.15, 0.2) is 30.3 Å². The van der Waals surface area contributed by atoms with Gasteiger partial charge in [-0.15, -0.1) is 0 Å². The van der Waals surface area contributed by atoms with Gasteiger partial charge in [-0.25, -0.2) is 13.2 Å². The van der Waals surface area contributed by atoms with Gasteiger partial charge in [0.1, 0.15) is 28.7 Å². The van der Waals surface area contributed by atoms with Crippen LogP contribution in [-0.2, 0) is 11.2 Å². The average Bonchev–Trinajstić information content (AvgIpc) is 3.46. The Morgan fingerprint density at radius 3 is 2.62 bits per heavy atom. The molecule has 3 saturated heterocycles. The summed E-state index contributed by atoms with van der Waals surface area (Å²) in [6.45, 7) is 7.20. The fourth-order valence-corrected chi connectivity index (χ4v) is 8.00. The third-order valence-corrected chi connectivity index (χ3v) is 10.6. The molecule has 1 saturated carbocycles. The number of nitrogens with zero attached hydrogens (tertiary/aromatic N) is 4. The molecule has 1 aliphatic carbocycles. The summed E-state index contributed by atoms with van der Waals surface area (Å²) in [6, 6.07) is 7.12. The van der Waals surface area contributed by atoms with E-state index in [4.69, 9.17) is 14.5 Å². The number of anilines is 1. The van der Waals surface area contributed by atoms with Gasteiger partial charge in [-0.3, -0.25) is 4.90 Å². The molecule has 2 N–H and O–H groups in total. The van der Waals surface area contributed by atoms with Gasteiger partial charge in [-0.1, -0.05) is 13.0 Å². The minimum atomic E-state index is -1.01. The monoisotopic (exact) mass is 648 g/mol. The Morgan fingerprint density at radius 1 is 1.09 bits per heavy atom. The second-order valence-corrected chi connectivity index (χ2v) is 14.3. The Morgan fingerprint density at radius 2 is 1.91 bits per heavy atom. The number of aromatic nitrogens is 2. The first-order valence-corrected chi connectivity index (χ1v) is 16.6. The normalized spacial score (nSPS) is 25.3. The Kier molecular flexibility index (Phi) is 7.31. The maximum atomic E-state index is 16.9. The van der Waals surface area contributed by atoms with Crippen molar-refractivity contribution in [3.05, 3.63) is 53.3 Å². The second kappa shape index (κ2) is 11.2. The number of fused-ring (bicyclic) bond motifs is 4. The third-order valence-electron chi connectivity index (χ3n) is 10.6. The van der Waals surface area contributed by atoms with E-state index in [2.05, 4.69) is 9.88 Å². The van der Waals surface area contributed by atoms with E-state index in [1.54, 1.807) is 13.8 Å². The van der Waals surface area contributed by atoms with Crippen molar-refractivity contribution in [2.45, 2.75) is 70.1 Å². The van der Waals surface area contributed by atoms with Crippen LogP contribution in [-0.4, -0.2) is 82.2 Å². The number of phenols is 1. The van der Waals surface area contributed by atoms with Crippen molar-refractivity contribution in [3.63, 3.8) is 0 Å². The number of benzene rings is 3. The molecular formula is C36H39F3N4O4. The van der Waals surface area contributed by atoms with Crippen molar-refractivity contribution < 1.29 is 32.9 Å². The van der Waals surface area contributed by atoms with Crippen molar-refractivity contribution in [1.82, 2.24) is 14.9 Å². The van der Waals surface area contributed by atoms with Crippen LogP contribution in [0.1, 0.15) is 51.5 Å². The van der Waals surface area contributed by atoms with Crippen LogP contribution in [0.2, 0.25) is 0 Å². The third kappa shape index (κ3) is 5.46. The maximum absolute atomic E-state index is 16.9. The van der Waals surface area contributed by atoms with E-state index in [0.717, 1.165) is 39.0 Å². The molecule has 4 fully saturated rings. The zero-order valence-electron chi connectivity index (χ0n) is 26.7. The van der Waals surface area contributed by atoms with E-state index >= 15 is 8.78 Å². The molecule has 0 radical (unpaired) electrons. The summed E-state index contributed by atoms with van der Waals surface area (Å²) in [4.78, 5) is 13.5. The first-order chi connectivity index (χ1) is 22.5. The Balaban J connectivity index is 1.23. The molecule has 8 rings (SSSR count). The molecule has 4 aromatic rings. The van der Waals surface area contributed by atoms with Crippen molar-refractivity contribution >= 4 is 27.5 Å². The van der Waals surface area contributed by atoms with Crippen LogP contribution in [0, 0.1) is 22.9 Å². The summed E-state index contributed by atoms with van der Waals surface area (Å²) >= 11 is 0. The minimum Gasteiger partial charge on any atom is -0.508 e. The first kappa shape index (κ1) is 30.7. The predicted molar refractivity (Wildman–Crippen MR) is 172 cm³/mol. The lowest BCUT2D eigenvalue weighted by Crippen LogP contribution is -2.46. The van der Waals surface area contributed by atoms with Gasteiger partial charge >= 0.3 is 6.01 Å². The lowest BCUT2D eigenvalue weighted by Gasteiger charge is -2.38. The molecule has 3 aromatic carbocycles. The van der Waals surface area contributed by atoms with Gasteiger partial charge < -0.3 is 24.6 Å². The summed E-state index contributed by atoms with van der Waals surface area (Å²) < 4.78 is 60.2. The topological polar surface area (TPSA) is 91.2 Å². The van der Waals surface area contributed by atoms with Gasteiger partial charge in [-0.2, -0.15) is 9.97 Å². The van der Waals surface area contributed by atoms with Crippen molar-refractivity contribution in [3.8, 4) is 22.9 Å². The number of morpholine rings is 1. The average molecular weight is 649 g/mol. The number of halogens is 3. The molecule has 3 atom stereocenters.